The van der Waals surface area contributed by atoms with Crippen LogP contribution in [-0.2, 0) is 6.42 Å². The maximum Gasteiger partial charge on any atom is 0.0742 e. The van der Waals surface area contributed by atoms with Crippen LogP contribution in [0.15, 0.2) is 29.3 Å². The summed E-state index contributed by atoms with van der Waals surface area (Å²) >= 11 is 4.57. The zero-order chi connectivity index (χ0) is 10.6. The number of isothiocyanates is 1. The fraction of sp³-hybridized carbons (Fsp3) is 0.417. The SMILES string of the molecule is CC(C)(C)Cc1cccc(N=C=S)c1. The monoisotopic (exact) mass is 205 g/mol. The van der Waals surface area contributed by atoms with Crippen molar-refractivity contribution in [3.05, 3.63) is 29.8 Å². The summed E-state index contributed by atoms with van der Waals surface area (Å²) in [5.41, 5.74) is 2.49. The Morgan fingerprint density at radius 2 is 2.07 bits per heavy atom. The molecule has 0 aliphatic heterocycles. The van der Waals surface area contributed by atoms with Crippen molar-refractivity contribution in [1.29, 1.82) is 0 Å². The highest BCUT2D eigenvalue weighted by Gasteiger charge is 2.10. The van der Waals surface area contributed by atoms with Gasteiger partial charge in [-0.05, 0) is 41.7 Å². The third-order valence-electron chi connectivity index (χ3n) is 1.82. The molecule has 1 rings (SSSR count). The Morgan fingerprint density at radius 3 is 2.64 bits per heavy atom. The van der Waals surface area contributed by atoms with Crippen molar-refractivity contribution >= 4 is 23.1 Å². The number of aliphatic imine (C=N–C) groups is 1. The molecule has 0 bridgehead atoms. The van der Waals surface area contributed by atoms with E-state index in [-0.39, 0.29) is 0 Å². The first kappa shape index (κ1) is 11.1. The van der Waals surface area contributed by atoms with Gasteiger partial charge in [-0.3, -0.25) is 0 Å². The summed E-state index contributed by atoms with van der Waals surface area (Å²) in [6.45, 7) is 6.67. The highest BCUT2D eigenvalue weighted by molar-refractivity contribution is 7.78. The van der Waals surface area contributed by atoms with Gasteiger partial charge in [0.2, 0.25) is 0 Å². The van der Waals surface area contributed by atoms with Crippen molar-refractivity contribution in [2.45, 2.75) is 27.2 Å². The van der Waals surface area contributed by atoms with Crippen molar-refractivity contribution in [2.75, 3.05) is 0 Å². The lowest BCUT2D eigenvalue weighted by atomic mass is 9.88. The van der Waals surface area contributed by atoms with Crippen LogP contribution in [0.3, 0.4) is 0 Å². The second kappa shape index (κ2) is 4.50. The summed E-state index contributed by atoms with van der Waals surface area (Å²) in [6.07, 6.45) is 1.05. The van der Waals surface area contributed by atoms with Crippen molar-refractivity contribution in [3.63, 3.8) is 0 Å². The average Bonchev–Trinajstić information content (AvgIpc) is 2.02. The zero-order valence-electron chi connectivity index (χ0n) is 8.87. The number of hydrogen-bond acceptors (Lipinski definition) is 2. The molecular weight excluding hydrogens is 190 g/mol. The fourth-order valence-electron chi connectivity index (χ4n) is 1.40. The Morgan fingerprint density at radius 1 is 1.36 bits per heavy atom. The summed E-state index contributed by atoms with van der Waals surface area (Å²) in [5, 5.41) is 2.38. The summed E-state index contributed by atoms with van der Waals surface area (Å²) in [6, 6.07) is 8.12. The van der Waals surface area contributed by atoms with Crippen LogP contribution in [0.2, 0.25) is 0 Å². The second-order valence-electron chi connectivity index (χ2n) is 4.61. The van der Waals surface area contributed by atoms with Crippen LogP contribution in [-0.4, -0.2) is 5.16 Å². The van der Waals surface area contributed by atoms with Gasteiger partial charge in [-0.1, -0.05) is 32.9 Å². The van der Waals surface area contributed by atoms with E-state index in [1.165, 1.54) is 5.56 Å². The van der Waals surface area contributed by atoms with Crippen LogP contribution >= 0.6 is 12.2 Å². The molecule has 0 unspecified atom stereocenters. The molecular formula is C12H15NS. The van der Waals surface area contributed by atoms with Crippen molar-refractivity contribution < 1.29 is 0 Å². The number of nitrogens with zero attached hydrogens (tertiary/aromatic N) is 1. The molecule has 0 saturated heterocycles. The molecule has 0 atom stereocenters. The lowest BCUT2D eigenvalue weighted by Gasteiger charge is -2.17. The van der Waals surface area contributed by atoms with Gasteiger partial charge in [0.05, 0.1) is 10.8 Å². The number of hydrogen-bond donors (Lipinski definition) is 0. The molecule has 0 aromatic heterocycles. The summed E-state index contributed by atoms with van der Waals surface area (Å²) in [7, 11) is 0. The molecule has 1 aromatic rings. The maximum atomic E-state index is 4.57. The first-order valence-electron chi connectivity index (χ1n) is 4.68. The minimum absolute atomic E-state index is 0.306. The first-order valence-corrected chi connectivity index (χ1v) is 5.09. The Kier molecular flexibility index (Phi) is 3.56. The van der Waals surface area contributed by atoms with Gasteiger partial charge in [0.25, 0.3) is 0 Å². The molecule has 0 amide bonds. The van der Waals surface area contributed by atoms with Gasteiger partial charge in [-0.25, -0.2) is 0 Å². The van der Waals surface area contributed by atoms with Crippen LogP contribution in [0.4, 0.5) is 5.69 Å². The summed E-state index contributed by atoms with van der Waals surface area (Å²) in [4.78, 5) is 3.96. The van der Waals surface area contributed by atoms with Crippen molar-refractivity contribution in [3.8, 4) is 0 Å². The lowest BCUT2D eigenvalue weighted by molar-refractivity contribution is 0.411. The third-order valence-corrected chi connectivity index (χ3v) is 1.91. The maximum absolute atomic E-state index is 4.57. The van der Waals surface area contributed by atoms with E-state index in [0.29, 0.717) is 5.41 Å². The largest absolute Gasteiger partial charge is 0.195 e. The predicted molar refractivity (Wildman–Crippen MR) is 64.3 cm³/mol. The van der Waals surface area contributed by atoms with Gasteiger partial charge in [-0.15, -0.1) is 0 Å². The van der Waals surface area contributed by atoms with E-state index < -0.39 is 0 Å². The normalized spacial score (nSPS) is 10.8. The fourth-order valence-corrected chi connectivity index (χ4v) is 1.51. The standard InChI is InChI=1S/C12H15NS/c1-12(2,3)8-10-5-4-6-11(7-10)13-9-14/h4-7H,8H2,1-3H3. The van der Waals surface area contributed by atoms with Gasteiger partial charge in [-0.2, -0.15) is 4.99 Å². The van der Waals surface area contributed by atoms with E-state index in [4.69, 9.17) is 0 Å². The summed E-state index contributed by atoms with van der Waals surface area (Å²) in [5.74, 6) is 0. The molecule has 0 N–H and O–H groups in total. The molecule has 74 valence electrons. The second-order valence-corrected chi connectivity index (χ2v) is 4.79. The molecule has 0 saturated carbocycles. The van der Waals surface area contributed by atoms with E-state index in [2.05, 4.69) is 55.3 Å². The van der Waals surface area contributed by atoms with E-state index in [1.807, 2.05) is 12.1 Å². The lowest BCUT2D eigenvalue weighted by Crippen LogP contribution is -2.08. The van der Waals surface area contributed by atoms with Crippen molar-refractivity contribution in [1.82, 2.24) is 0 Å². The minimum atomic E-state index is 0.306. The zero-order valence-corrected chi connectivity index (χ0v) is 9.69. The predicted octanol–water partition coefficient (Wildman–Crippen LogP) is 4.01. The summed E-state index contributed by atoms with van der Waals surface area (Å²) < 4.78 is 0. The quantitative estimate of drug-likeness (QED) is 0.525. The van der Waals surface area contributed by atoms with Gasteiger partial charge in [0.15, 0.2) is 0 Å². The van der Waals surface area contributed by atoms with Crippen LogP contribution in [0.5, 0.6) is 0 Å². The first-order chi connectivity index (χ1) is 6.51. The highest BCUT2D eigenvalue weighted by atomic mass is 32.1. The number of benzene rings is 1. The average molecular weight is 205 g/mol. The Hall–Kier alpha value is -0.980. The van der Waals surface area contributed by atoms with Crippen LogP contribution in [0, 0.1) is 5.41 Å². The molecule has 1 nitrogen and oxygen atoms in total. The van der Waals surface area contributed by atoms with Gasteiger partial charge in [0.1, 0.15) is 0 Å². The Labute approximate surface area is 90.9 Å². The molecule has 0 spiro atoms. The van der Waals surface area contributed by atoms with Crippen LogP contribution < -0.4 is 0 Å². The van der Waals surface area contributed by atoms with Crippen LogP contribution in [0.25, 0.3) is 0 Å². The van der Waals surface area contributed by atoms with E-state index in [9.17, 15) is 0 Å². The van der Waals surface area contributed by atoms with Crippen molar-refractivity contribution in [2.24, 2.45) is 10.4 Å². The molecule has 0 aliphatic rings. The molecule has 0 aliphatic carbocycles. The molecule has 0 heterocycles. The molecule has 14 heavy (non-hydrogen) atoms. The van der Waals surface area contributed by atoms with Gasteiger partial charge >= 0.3 is 0 Å². The van der Waals surface area contributed by atoms with E-state index in [0.717, 1.165) is 12.1 Å². The van der Waals surface area contributed by atoms with E-state index >= 15 is 0 Å². The molecule has 2 heteroatoms. The third kappa shape index (κ3) is 3.82. The smallest absolute Gasteiger partial charge is 0.0742 e. The topological polar surface area (TPSA) is 12.4 Å². The molecule has 0 fully saturated rings. The van der Waals surface area contributed by atoms with Gasteiger partial charge < -0.3 is 0 Å². The minimum Gasteiger partial charge on any atom is -0.195 e. The van der Waals surface area contributed by atoms with Gasteiger partial charge in [0, 0.05) is 0 Å². The molecule has 0 radical (unpaired) electrons. The molecule has 1 aromatic carbocycles. The van der Waals surface area contributed by atoms with Crippen LogP contribution in [0.1, 0.15) is 26.3 Å². The number of thiocarbonyl (C=S) groups is 1. The van der Waals surface area contributed by atoms with E-state index in [1.54, 1.807) is 0 Å². The Bertz CT molecular complexity index is 357. The number of rotatable bonds is 2. The highest BCUT2D eigenvalue weighted by Crippen LogP contribution is 2.23. The Balaban J connectivity index is 2.89.